The molecule has 10 heteroatoms. The number of nitrogen functional groups attached to an aromatic ring is 1. The number of nitrogens with zero attached hydrogens (tertiary/aromatic N) is 3. The first-order chi connectivity index (χ1) is 19.8. The third-order valence-corrected chi connectivity index (χ3v) is 4.88. The number of ether oxygens (including phenoxy) is 1. The molecule has 1 aliphatic heterocycles. The second kappa shape index (κ2) is 9.01. The van der Waals surface area contributed by atoms with E-state index < -0.39 is 91.9 Å². The molecule has 0 spiro atoms. The van der Waals surface area contributed by atoms with Crippen LogP contribution in [-0.4, -0.2) is 33.9 Å². The van der Waals surface area contributed by atoms with E-state index in [4.69, 9.17) is 25.5 Å². The van der Waals surface area contributed by atoms with Gasteiger partial charge in [0.1, 0.15) is 5.82 Å². The van der Waals surface area contributed by atoms with E-state index in [-0.39, 0.29) is 11.1 Å². The third kappa shape index (κ3) is 4.80. The first-order valence-corrected chi connectivity index (χ1v) is 9.50. The van der Waals surface area contributed by atoms with Crippen LogP contribution in [0.2, 0.25) is 0 Å². The van der Waals surface area contributed by atoms with Gasteiger partial charge in [-0.2, -0.15) is 18.3 Å². The first kappa shape index (κ1) is 12.9. The van der Waals surface area contributed by atoms with Gasteiger partial charge in [0.2, 0.25) is 6.10 Å². The van der Waals surface area contributed by atoms with Crippen LogP contribution in [-0.2, 0) is 0 Å². The zero-order chi connectivity index (χ0) is 33.3. The Morgan fingerprint density at radius 2 is 2.06 bits per heavy atom. The zero-order valence-corrected chi connectivity index (χ0v) is 16.8. The lowest BCUT2D eigenvalue weighted by Crippen LogP contribution is -2.29. The SMILES string of the molecule is [2H]C1([2H])CC([2H])(n2cc(-c3cnc(N)c(OC(c4c(C([2H])([2H])[2H])ccc(F)c4C([2H])([2H])[2H])C(F)(F)F)c3)cn2)CC([2H])([2H])N1. The van der Waals surface area contributed by atoms with Crippen LogP contribution in [0.5, 0.6) is 5.75 Å². The fourth-order valence-corrected chi connectivity index (χ4v) is 3.21. The number of piperidine rings is 1. The molecule has 3 aromatic rings. The summed E-state index contributed by atoms with van der Waals surface area (Å²) < 4.78 is 151. The lowest BCUT2D eigenvalue weighted by molar-refractivity contribution is -0.198. The molecule has 1 aromatic carbocycles. The molecule has 1 saturated heterocycles. The van der Waals surface area contributed by atoms with E-state index in [0.717, 1.165) is 23.1 Å². The zero-order valence-electron chi connectivity index (χ0n) is 27.8. The predicted octanol–water partition coefficient (Wildman–Crippen LogP) is 4.89. The van der Waals surface area contributed by atoms with Crippen molar-refractivity contribution >= 4 is 5.82 Å². The molecule has 3 N–H and O–H groups in total. The highest BCUT2D eigenvalue weighted by molar-refractivity contribution is 5.66. The Morgan fingerprint density at radius 1 is 1.27 bits per heavy atom. The average Bonchev–Trinajstić information content (AvgIpc) is 3.30. The van der Waals surface area contributed by atoms with Crippen molar-refractivity contribution < 1.29 is 37.4 Å². The summed E-state index contributed by atoms with van der Waals surface area (Å²) in [5.74, 6) is -2.99. The molecule has 1 unspecified atom stereocenters. The molecule has 4 rings (SSSR count). The predicted molar refractivity (Wildman–Crippen MR) is 116 cm³/mol. The maximum absolute atomic E-state index is 14.8. The topological polar surface area (TPSA) is 78.0 Å². The van der Waals surface area contributed by atoms with Gasteiger partial charge in [-0.25, -0.2) is 9.37 Å². The van der Waals surface area contributed by atoms with Crippen LogP contribution in [0.3, 0.4) is 0 Å². The van der Waals surface area contributed by atoms with Crippen molar-refractivity contribution in [2.24, 2.45) is 0 Å². The number of anilines is 1. The van der Waals surface area contributed by atoms with Gasteiger partial charge in [-0.3, -0.25) is 4.68 Å². The number of aryl methyl sites for hydroxylation is 1. The lowest BCUT2D eigenvalue weighted by atomic mass is 9.97. The molecule has 6 nitrogen and oxygen atoms in total. The maximum atomic E-state index is 14.8. The molecule has 3 heterocycles. The highest BCUT2D eigenvalue weighted by atomic mass is 19.4. The third-order valence-electron chi connectivity index (χ3n) is 4.88. The average molecular weight is 475 g/mol. The maximum Gasteiger partial charge on any atom is 0.429 e. The summed E-state index contributed by atoms with van der Waals surface area (Å²) >= 11 is 0. The van der Waals surface area contributed by atoms with Gasteiger partial charge in [-0.05, 0) is 62.8 Å². The molecular formula is C23H25F4N5O. The second-order valence-electron chi connectivity index (χ2n) is 7.10. The minimum Gasteiger partial charge on any atom is -0.472 e. The van der Waals surface area contributed by atoms with Crippen LogP contribution in [0, 0.1) is 19.5 Å². The molecule has 33 heavy (non-hydrogen) atoms. The van der Waals surface area contributed by atoms with Gasteiger partial charge in [0.15, 0.2) is 11.6 Å². The van der Waals surface area contributed by atoms with Crippen molar-refractivity contribution in [2.75, 3.05) is 18.7 Å². The van der Waals surface area contributed by atoms with E-state index in [1.165, 1.54) is 6.20 Å². The Hall–Kier alpha value is -3.14. The lowest BCUT2D eigenvalue weighted by Gasteiger charge is -2.26. The number of halogens is 4. The van der Waals surface area contributed by atoms with Gasteiger partial charge in [0, 0.05) is 42.8 Å². The van der Waals surface area contributed by atoms with Crippen LogP contribution in [0.4, 0.5) is 23.4 Å². The smallest absolute Gasteiger partial charge is 0.429 e. The fourth-order valence-electron chi connectivity index (χ4n) is 3.21. The summed E-state index contributed by atoms with van der Waals surface area (Å²) in [5, 5.41) is 6.19. The van der Waals surface area contributed by atoms with Crippen molar-refractivity contribution in [3.63, 3.8) is 0 Å². The van der Waals surface area contributed by atoms with Crippen molar-refractivity contribution in [1.82, 2.24) is 20.1 Å². The highest BCUT2D eigenvalue weighted by Crippen LogP contribution is 2.41. The Morgan fingerprint density at radius 3 is 2.76 bits per heavy atom. The summed E-state index contributed by atoms with van der Waals surface area (Å²) in [7, 11) is 0. The molecule has 176 valence electrons. The van der Waals surface area contributed by atoms with Crippen molar-refractivity contribution in [3.8, 4) is 16.9 Å². The molecular weight excluding hydrogens is 438 g/mol. The van der Waals surface area contributed by atoms with Gasteiger partial charge in [0.05, 0.1) is 13.6 Å². The van der Waals surface area contributed by atoms with Crippen LogP contribution in [0.25, 0.3) is 11.1 Å². The van der Waals surface area contributed by atoms with Crippen LogP contribution in [0.1, 0.15) is 56.7 Å². The number of nitrogens with one attached hydrogen (secondary N) is 1. The molecule has 0 radical (unpaired) electrons. The molecule has 1 fully saturated rings. The van der Waals surface area contributed by atoms with Crippen LogP contribution >= 0.6 is 0 Å². The highest BCUT2D eigenvalue weighted by Gasteiger charge is 2.45. The Bertz CT molecular complexity index is 1540. The Labute approximate surface area is 204 Å². The van der Waals surface area contributed by atoms with E-state index in [2.05, 4.69) is 15.4 Å². The standard InChI is InChI=1S/C23H25F4N5O/c1-13-3-4-18(24)14(2)20(13)21(23(25,26)27)33-19-9-15(10-30-22(19)28)16-11-31-32(12-16)17-5-7-29-8-6-17/h3-4,9-12,17,21,29H,5-8H2,1-2H3,(H2,28,30)/i1D3,2D3,7D2,8D2,17D. The van der Waals surface area contributed by atoms with Crippen LogP contribution < -0.4 is 15.8 Å². The molecule has 1 atom stereocenters. The van der Waals surface area contributed by atoms with Crippen LogP contribution in [0.15, 0.2) is 36.8 Å². The minimum atomic E-state index is -5.48. The van der Waals surface area contributed by atoms with Gasteiger partial charge >= 0.3 is 6.18 Å². The van der Waals surface area contributed by atoms with Gasteiger partial charge < -0.3 is 15.8 Å². The summed E-state index contributed by atoms with van der Waals surface area (Å²) in [6, 6.07) is 0.0349. The van der Waals surface area contributed by atoms with E-state index in [1.54, 1.807) is 0 Å². The summed E-state index contributed by atoms with van der Waals surface area (Å²) in [5.41, 5.74) is 1.86. The largest absolute Gasteiger partial charge is 0.472 e. The van der Waals surface area contributed by atoms with Crippen molar-refractivity contribution in [3.05, 3.63) is 59.3 Å². The number of rotatable bonds is 5. The fraction of sp³-hybridized carbons (Fsp3) is 0.391. The summed E-state index contributed by atoms with van der Waals surface area (Å²) in [6.45, 7) is -11.4. The number of pyridine rings is 1. The van der Waals surface area contributed by atoms with Gasteiger partial charge in [-0.15, -0.1) is 0 Å². The second-order valence-corrected chi connectivity index (χ2v) is 7.10. The first-order valence-electron chi connectivity index (χ1n) is 15.0. The number of aromatic nitrogens is 3. The minimum absolute atomic E-state index is 0.0104. The quantitative estimate of drug-likeness (QED) is 0.515. The number of hydrogen-bond acceptors (Lipinski definition) is 5. The molecule has 1 aliphatic rings. The van der Waals surface area contributed by atoms with E-state index in [0.29, 0.717) is 12.1 Å². The summed E-state index contributed by atoms with van der Waals surface area (Å²) in [6.07, 6.45) is -6.33. The Kier molecular flexibility index (Phi) is 3.53. The van der Waals surface area contributed by atoms with E-state index >= 15 is 0 Å². The van der Waals surface area contributed by atoms with Crippen molar-refractivity contribution in [1.29, 1.82) is 0 Å². The van der Waals surface area contributed by atoms with Gasteiger partial charge in [-0.1, -0.05) is 6.07 Å². The number of nitrogens with two attached hydrogens (primary N) is 1. The summed E-state index contributed by atoms with van der Waals surface area (Å²) in [4.78, 5) is 3.80. The monoisotopic (exact) mass is 474 g/mol. The number of alkyl halides is 3. The molecule has 2 aromatic heterocycles. The number of benzene rings is 1. The Balaban J connectivity index is 1.80. The normalized spacial score (nSPS) is 25.8. The molecule has 0 saturated carbocycles. The molecule has 0 aliphatic carbocycles. The number of hydrogen-bond donors (Lipinski definition) is 2. The molecule has 0 bridgehead atoms. The van der Waals surface area contributed by atoms with Gasteiger partial charge in [0.25, 0.3) is 0 Å². The van der Waals surface area contributed by atoms with Crippen molar-refractivity contribution in [2.45, 2.75) is 44.8 Å². The van der Waals surface area contributed by atoms with E-state index in [9.17, 15) is 17.6 Å². The van der Waals surface area contributed by atoms with E-state index in [1.807, 2.05) is 0 Å². The molecule has 0 amide bonds.